The quantitative estimate of drug-likeness (QED) is 0.892. The first kappa shape index (κ1) is 16.0. The maximum Gasteiger partial charge on any atom is 0.0863 e. The van der Waals surface area contributed by atoms with Crippen LogP contribution in [0.4, 0.5) is 0 Å². The minimum atomic E-state index is 0.716. The Morgan fingerprint density at radius 3 is 2.38 bits per heavy atom. The number of nitrogens with zero attached hydrogens (tertiary/aromatic N) is 4. The molecule has 0 saturated carbocycles. The van der Waals surface area contributed by atoms with Crippen molar-refractivity contribution >= 4 is 11.6 Å². The van der Waals surface area contributed by atoms with E-state index in [1.807, 2.05) is 23.3 Å². The molecule has 0 unspecified atom stereocenters. The van der Waals surface area contributed by atoms with Crippen LogP contribution in [0, 0.1) is 13.8 Å². The molecule has 5 nitrogen and oxygen atoms in total. The Bertz CT molecular complexity index is 627. The molecule has 0 atom stereocenters. The topological polar surface area (TPSA) is 47.7 Å². The lowest BCUT2D eigenvalue weighted by atomic mass is 10.2. The van der Waals surface area contributed by atoms with Gasteiger partial charge in [-0.2, -0.15) is 10.2 Å². The number of aryl methyl sites for hydroxylation is 4. The molecule has 0 spiro atoms. The molecule has 1 N–H and O–H groups in total. The van der Waals surface area contributed by atoms with Crippen molar-refractivity contribution in [3.8, 4) is 0 Å². The molecule has 116 valence electrons. The van der Waals surface area contributed by atoms with E-state index in [2.05, 4.69) is 36.3 Å². The molecule has 2 aromatic rings. The van der Waals surface area contributed by atoms with Crippen LogP contribution < -0.4 is 5.32 Å². The average Bonchev–Trinajstić information content (AvgIpc) is 2.90. The van der Waals surface area contributed by atoms with Gasteiger partial charge in [0.2, 0.25) is 0 Å². The maximum absolute atomic E-state index is 6.42. The molecule has 0 radical (unpaired) electrons. The van der Waals surface area contributed by atoms with Gasteiger partial charge >= 0.3 is 0 Å². The van der Waals surface area contributed by atoms with Gasteiger partial charge in [0.1, 0.15) is 0 Å². The van der Waals surface area contributed by atoms with Crippen LogP contribution in [-0.4, -0.2) is 19.6 Å². The smallest absolute Gasteiger partial charge is 0.0863 e. The predicted octanol–water partition coefficient (Wildman–Crippen LogP) is 2.76. The van der Waals surface area contributed by atoms with Crippen molar-refractivity contribution in [2.45, 2.75) is 53.8 Å². The van der Waals surface area contributed by atoms with Gasteiger partial charge in [-0.3, -0.25) is 9.36 Å². The fraction of sp³-hybridized carbons (Fsp3) is 0.600. The van der Waals surface area contributed by atoms with Gasteiger partial charge in [0.05, 0.1) is 22.1 Å². The highest BCUT2D eigenvalue weighted by molar-refractivity contribution is 6.31. The van der Waals surface area contributed by atoms with Crippen molar-refractivity contribution in [2.75, 3.05) is 0 Å². The highest BCUT2D eigenvalue weighted by Gasteiger charge is 2.14. The summed E-state index contributed by atoms with van der Waals surface area (Å²) in [5.41, 5.74) is 5.57. The van der Waals surface area contributed by atoms with E-state index in [1.165, 1.54) is 11.3 Å². The number of hydrogen-bond acceptors (Lipinski definition) is 3. The van der Waals surface area contributed by atoms with E-state index in [1.54, 1.807) is 0 Å². The van der Waals surface area contributed by atoms with E-state index in [0.29, 0.717) is 6.54 Å². The van der Waals surface area contributed by atoms with Crippen LogP contribution in [0.15, 0.2) is 0 Å². The summed E-state index contributed by atoms with van der Waals surface area (Å²) in [4.78, 5) is 0. The Balaban J connectivity index is 2.08. The van der Waals surface area contributed by atoms with Gasteiger partial charge in [0.15, 0.2) is 0 Å². The molecular weight excluding hydrogens is 286 g/mol. The van der Waals surface area contributed by atoms with Gasteiger partial charge in [-0.05, 0) is 27.2 Å². The van der Waals surface area contributed by atoms with Gasteiger partial charge in [0, 0.05) is 37.9 Å². The minimum absolute atomic E-state index is 0.716. The number of halogens is 1. The van der Waals surface area contributed by atoms with E-state index in [4.69, 9.17) is 11.6 Å². The van der Waals surface area contributed by atoms with Crippen molar-refractivity contribution in [3.63, 3.8) is 0 Å². The second-order valence-electron chi connectivity index (χ2n) is 5.25. The summed E-state index contributed by atoms with van der Waals surface area (Å²) in [7, 11) is 1.97. The average molecular weight is 310 g/mol. The van der Waals surface area contributed by atoms with Crippen LogP contribution >= 0.6 is 11.6 Å². The van der Waals surface area contributed by atoms with Crippen LogP contribution in [0.2, 0.25) is 5.02 Å². The van der Waals surface area contributed by atoms with Crippen molar-refractivity contribution in [1.29, 1.82) is 0 Å². The first-order valence-electron chi connectivity index (χ1n) is 7.43. The minimum Gasteiger partial charge on any atom is -0.307 e. The lowest BCUT2D eigenvalue weighted by Gasteiger charge is -2.08. The number of hydrogen-bond donors (Lipinski definition) is 1. The summed E-state index contributed by atoms with van der Waals surface area (Å²) in [5, 5.41) is 13.2. The van der Waals surface area contributed by atoms with E-state index in [9.17, 15) is 0 Å². The van der Waals surface area contributed by atoms with Crippen molar-refractivity contribution in [3.05, 3.63) is 33.4 Å². The maximum atomic E-state index is 6.42. The zero-order valence-corrected chi connectivity index (χ0v) is 14.3. The Hall–Kier alpha value is -1.33. The number of nitrogens with one attached hydrogen (secondary N) is 1. The molecule has 0 bridgehead atoms. The van der Waals surface area contributed by atoms with Crippen LogP contribution in [0.5, 0.6) is 0 Å². The summed E-state index contributed by atoms with van der Waals surface area (Å²) >= 11 is 6.42. The molecule has 2 rings (SSSR count). The molecule has 6 heteroatoms. The molecule has 21 heavy (non-hydrogen) atoms. The van der Waals surface area contributed by atoms with E-state index in [-0.39, 0.29) is 0 Å². The zero-order valence-electron chi connectivity index (χ0n) is 13.5. The largest absolute Gasteiger partial charge is 0.307 e. The second-order valence-corrected chi connectivity index (χ2v) is 5.63. The van der Waals surface area contributed by atoms with E-state index < -0.39 is 0 Å². The van der Waals surface area contributed by atoms with Crippen molar-refractivity contribution in [1.82, 2.24) is 24.9 Å². The number of aromatic nitrogens is 4. The Morgan fingerprint density at radius 1 is 1.14 bits per heavy atom. The summed E-state index contributed by atoms with van der Waals surface area (Å²) in [6, 6.07) is 0. The molecule has 0 aromatic carbocycles. The molecule has 0 aliphatic heterocycles. The van der Waals surface area contributed by atoms with E-state index in [0.717, 1.165) is 41.6 Å². The van der Waals surface area contributed by atoms with Gasteiger partial charge in [-0.25, -0.2) is 0 Å². The van der Waals surface area contributed by atoms with Gasteiger partial charge in [-0.1, -0.05) is 18.5 Å². The highest BCUT2D eigenvalue weighted by Crippen LogP contribution is 2.21. The van der Waals surface area contributed by atoms with Gasteiger partial charge < -0.3 is 5.32 Å². The van der Waals surface area contributed by atoms with Crippen molar-refractivity contribution < 1.29 is 0 Å². The van der Waals surface area contributed by atoms with Crippen molar-refractivity contribution in [2.24, 2.45) is 7.05 Å². The fourth-order valence-electron chi connectivity index (χ4n) is 2.57. The van der Waals surface area contributed by atoms with Gasteiger partial charge in [-0.15, -0.1) is 0 Å². The standard InChI is InChI=1S/C15H24ClN5/c1-6-13-15(16)14(21(7-2)19-13)9-17-8-12-10(3)18-20(5)11(12)4/h17H,6-9H2,1-5H3. The van der Waals surface area contributed by atoms with Crippen LogP contribution in [0.25, 0.3) is 0 Å². The molecular formula is C15H24ClN5. The Labute approximate surface area is 131 Å². The Morgan fingerprint density at radius 2 is 1.86 bits per heavy atom. The zero-order chi connectivity index (χ0) is 15.6. The number of rotatable bonds is 6. The summed E-state index contributed by atoms with van der Waals surface area (Å²) in [6.45, 7) is 10.6. The van der Waals surface area contributed by atoms with Crippen LogP contribution in [-0.2, 0) is 33.1 Å². The summed E-state index contributed by atoms with van der Waals surface area (Å²) in [6.07, 6.45) is 0.861. The predicted molar refractivity (Wildman–Crippen MR) is 85.5 cm³/mol. The normalized spacial score (nSPS) is 11.3. The lowest BCUT2D eigenvalue weighted by Crippen LogP contribution is -2.17. The third-order valence-electron chi connectivity index (χ3n) is 3.95. The van der Waals surface area contributed by atoms with E-state index >= 15 is 0 Å². The van der Waals surface area contributed by atoms with Crippen LogP contribution in [0.1, 0.15) is 42.2 Å². The van der Waals surface area contributed by atoms with Gasteiger partial charge in [0.25, 0.3) is 0 Å². The first-order valence-corrected chi connectivity index (χ1v) is 7.81. The third-order valence-corrected chi connectivity index (χ3v) is 4.38. The summed E-state index contributed by atoms with van der Waals surface area (Å²) < 4.78 is 3.90. The molecule has 0 saturated heterocycles. The molecule has 0 aliphatic carbocycles. The third kappa shape index (κ3) is 3.14. The molecule has 0 aliphatic rings. The molecule has 0 amide bonds. The highest BCUT2D eigenvalue weighted by atomic mass is 35.5. The molecule has 2 aromatic heterocycles. The molecule has 2 heterocycles. The molecule has 0 fully saturated rings. The fourth-order valence-corrected chi connectivity index (χ4v) is 2.90. The first-order chi connectivity index (χ1) is 9.99. The lowest BCUT2D eigenvalue weighted by molar-refractivity contribution is 0.576. The monoisotopic (exact) mass is 309 g/mol. The second kappa shape index (κ2) is 6.62. The Kier molecular flexibility index (Phi) is 5.06. The summed E-state index contributed by atoms with van der Waals surface area (Å²) in [5.74, 6) is 0. The SMILES string of the molecule is CCc1nn(CC)c(CNCc2c(C)nn(C)c2C)c1Cl. The van der Waals surface area contributed by atoms with Crippen LogP contribution in [0.3, 0.4) is 0 Å².